The average molecular weight is 497 g/mol. The highest BCUT2D eigenvalue weighted by Gasteiger charge is 2.24. The predicted octanol–water partition coefficient (Wildman–Crippen LogP) is 7.43. The number of hydrogen-bond acceptors (Lipinski definition) is 4. The molecule has 0 unspecified atom stereocenters. The molecule has 36 heavy (non-hydrogen) atoms. The smallest absolute Gasteiger partial charge is 0.123 e. The van der Waals surface area contributed by atoms with Gasteiger partial charge in [-0.05, 0) is 76.6 Å². The van der Waals surface area contributed by atoms with Gasteiger partial charge < -0.3 is 10.2 Å². The van der Waals surface area contributed by atoms with E-state index in [1.165, 1.54) is 11.1 Å². The Bertz CT molecular complexity index is 946. The Kier molecular flexibility index (Phi) is 9.70. The summed E-state index contributed by atoms with van der Waals surface area (Å²) in [6.45, 7) is 23.1. The molecule has 2 rings (SSSR count). The molecule has 2 atom stereocenters. The second-order valence-corrected chi connectivity index (χ2v) is 13.2. The molecule has 0 spiro atoms. The minimum atomic E-state index is -0.0889. The second kappa shape index (κ2) is 11.6. The number of aryl methyl sites for hydroxylation is 2. The van der Waals surface area contributed by atoms with Crippen LogP contribution in [0.1, 0.15) is 102 Å². The molecule has 0 saturated carbocycles. The monoisotopic (exact) mass is 496 g/mol. The first-order valence-electron chi connectivity index (χ1n) is 13.5. The molecular weight excluding hydrogens is 444 g/mol. The van der Waals surface area contributed by atoms with Gasteiger partial charge in [-0.2, -0.15) is 0 Å². The summed E-state index contributed by atoms with van der Waals surface area (Å²) in [6, 6.07) is 9.22. The van der Waals surface area contributed by atoms with Crippen LogP contribution in [0.2, 0.25) is 0 Å². The van der Waals surface area contributed by atoms with Gasteiger partial charge in [-0.15, -0.1) is 0 Å². The maximum atomic E-state index is 11.0. The van der Waals surface area contributed by atoms with E-state index in [0.29, 0.717) is 23.6 Å². The van der Waals surface area contributed by atoms with Crippen LogP contribution in [-0.4, -0.2) is 46.2 Å². The maximum Gasteiger partial charge on any atom is 0.123 e. The van der Waals surface area contributed by atoms with E-state index in [2.05, 4.69) is 117 Å². The first-order valence-corrected chi connectivity index (χ1v) is 13.5. The Balaban J connectivity index is 2.02. The standard InChI is InChI=1S/C32H52N2O2/c1-21-15-25(29(35)27(17-21)31(5,6)7)19-33(11)23(3)13-14-24(4)34(12)20-26-16-22(2)18-28(30(26)36)32(8,9)10/h15-18,23-24,35-36H,13-14,19-20H2,1-12H3/t23-,24-/m1/s1. The van der Waals surface area contributed by atoms with Gasteiger partial charge in [0.15, 0.2) is 0 Å². The zero-order chi connectivity index (χ0) is 27.6. The molecule has 2 aromatic carbocycles. The first-order chi connectivity index (χ1) is 16.4. The zero-order valence-corrected chi connectivity index (χ0v) is 25.1. The minimum Gasteiger partial charge on any atom is -0.507 e. The highest BCUT2D eigenvalue weighted by atomic mass is 16.3. The van der Waals surface area contributed by atoms with Crippen molar-refractivity contribution < 1.29 is 10.2 Å². The molecule has 0 saturated heterocycles. The molecule has 0 bridgehead atoms. The normalized spacial score (nSPS) is 14.5. The number of hydrogen-bond donors (Lipinski definition) is 2. The van der Waals surface area contributed by atoms with Crippen LogP contribution in [0.25, 0.3) is 0 Å². The highest BCUT2D eigenvalue weighted by Crippen LogP contribution is 2.36. The third-order valence-corrected chi connectivity index (χ3v) is 7.63. The number of aromatic hydroxyl groups is 2. The fraction of sp³-hybridized carbons (Fsp3) is 0.625. The molecule has 2 aromatic rings. The summed E-state index contributed by atoms with van der Waals surface area (Å²) in [5.41, 5.74) is 6.25. The van der Waals surface area contributed by atoms with E-state index < -0.39 is 0 Å². The van der Waals surface area contributed by atoms with Gasteiger partial charge in [-0.1, -0.05) is 76.9 Å². The lowest BCUT2D eigenvalue weighted by molar-refractivity contribution is 0.190. The van der Waals surface area contributed by atoms with Gasteiger partial charge in [0.25, 0.3) is 0 Å². The van der Waals surface area contributed by atoms with Crippen LogP contribution in [0.15, 0.2) is 24.3 Å². The molecule has 2 N–H and O–H groups in total. The van der Waals surface area contributed by atoms with Gasteiger partial charge in [-0.25, -0.2) is 0 Å². The van der Waals surface area contributed by atoms with Gasteiger partial charge in [0.2, 0.25) is 0 Å². The van der Waals surface area contributed by atoms with Crippen molar-refractivity contribution in [2.24, 2.45) is 0 Å². The Morgan fingerprint density at radius 2 is 0.944 bits per heavy atom. The van der Waals surface area contributed by atoms with Crippen molar-refractivity contribution in [3.8, 4) is 11.5 Å². The summed E-state index contributed by atoms with van der Waals surface area (Å²) in [5.74, 6) is 0.876. The van der Waals surface area contributed by atoms with Gasteiger partial charge in [0, 0.05) is 36.3 Å². The topological polar surface area (TPSA) is 46.9 Å². The van der Waals surface area contributed by atoms with E-state index in [4.69, 9.17) is 0 Å². The molecule has 0 radical (unpaired) electrons. The molecule has 0 amide bonds. The molecule has 4 nitrogen and oxygen atoms in total. The Morgan fingerprint density at radius 1 is 0.639 bits per heavy atom. The fourth-order valence-corrected chi connectivity index (χ4v) is 4.86. The van der Waals surface area contributed by atoms with Crippen LogP contribution in [0.4, 0.5) is 0 Å². The lowest BCUT2D eigenvalue weighted by atomic mass is 9.84. The zero-order valence-electron chi connectivity index (χ0n) is 25.1. The molecule has 0 aromatic heterocycles. The van der Waals surface area contributed by atoms with Crippen molar-refractivity contribution in [1.29, 1.82) is 0 Å². The maximum absolute atomic E-state index is 11.0. The van der Waals surface area contributed by atoms with Gasteiger partial charge in [-0.3, -0.25) is 9.80 Å². The van der Waals surface area contributed by atoms with Crippen LogP contribution < -0.4 is 0 Å². The second-order valence-electron chi connectivity index (χ2n) is 13.2. The summed E-state index contributed by atoms with van der Waals surface area (Å²) in [5, 5.41) is 21.9. The summed E-state index contributed by atoms with van der Waals surface area (Å²) >= 11 is 0. The van der Waals surface area contributed by atoms with E-state index in [1.54, 1.807) is 0 Å². The lowest BCUT2D eigenvalue weighted by Gasteiger charge is -2.31. The average Bonchev–Trinajstić information content (AvgIpc) is 2.74. The number of phenolic OH excluding ortho intramolecular Hbond substituents is 2. The van der Waals surface area contributed by atoms with E-state index in [1.807, 2.05) is 0 Å². The molecule has 202 valence electrons. The number of rotatable bonds is 9. The van der Waals surface area contributed by atoms with Crippen LogP contribution in [0.5, 0.6) is 11.5 Å². The van der Waals surface area contributed by atoms with Crippen LogP contribution >= 0.6 is 0 Å². The van der Waals surface area contributed by atoms with Crippen LogP contribution in [0.3, 0.4) is 0 Å². The number of benzene rings is 2. The van der Waals surface area contributed by atoms with E-state index >= 15 is 0 Å². The summed E-state index contributed by atoms with van der Waals surface area (Å²) in [4.78, 5) is 4.69. The first kappa shape index (κ1) is 30.2. The molecular formula is C32H52N2O2. The van der Waals surface area contributed by atoms with Crippen molar-refractivity contribution in [2.45, 2.75) is 118 Å². The third-order valence-electron chi connectivity index (χ3n) is 7.63. The third kappa shape index (κ3) is 7.73. The van der Waals surface area contributed by atoms with Crippen LogP contribution in [-0.2, 0) is 23.9 Å². The largest absolute Gasteiger partial charge is 0.507 e. The van der Waals surface area contributed by atoms with Crippen LogP contribution in [0, 0.1) is 13.8 Å². The SMILES string of the molecule is Cc1cc(CN(C)[C@H](C)CC[C@@H](C)N(C)Cc2cc(C)cc(C(C)(C)C)c2O)c(O)c(C(C)(C)C)c1. The summed E-state index contributed by atoms with van der Waals surface area (Å²) < 4.78 is 0. The lowest BCUT2D eigenvalue weighted by Crippen LogP contribution is -2.33. The minimum absolute atomic E-state index is 0.0889. The van der Waals surface area contributed by atoms with Crippen molar-refractivity contribution in [1.82, 2.24) is 9.80 Å². The van der Waals surface area contributed by atoms with Crippen molar-refractivity contribution >= 4 is 0 Å². The number of phenols is 2. The predicted molar refractivity (Wildman–Crippen MR) is 154 cm³/mol. The molecule has 0 aliphatic carbocycles. The molecule has 0 heterocycles. The van der Waals surface area contributed by atoms with Gasteiger partial charge in [0.05, 0.1) is 0 Å². The van der Waals surface area contributed by atoms with Crippen molar-refractivity contribution in [3.05, 3.63) is 57.6 Å². The molecule has 0 aliphatic rings. The quantitative estimate of drug-likeness (QED) is 0.379. The Morgan fingerprint density at radius 3 is 1.22 bits per heavy atom. The van der Waals surface area contributed by atoms with Gasteiger partial charge in [0.1, 0.15) is 11.5 Å². The van der Waals surface area contributed by atoms with E-state index in [0.717, 1.165) is 48.2 Å². The van der Waals surface area contributed by atoms with E-state index in [-0.39, 0.29) is 10.8 Å². The number of nitrogens with zero attached hydrogens (tertiary/aromatic N) is 2. The molecule has 4 heteroatoms. The summed E-state index contributed by atoms with van der Waals surface area (Å²) in [7, 11) is 4.30. The van der Waals surface area contributed by atoms with E-state index in [9.17, 15) is 10.2 Å². The Hall–Kier alpha value is -2.04. The van der Waals surface area contributed by atoms with Crippen molar-refractivity contribution in [3.63, 3.8) is 0 Å². The molecule has 0 aliphatic heterocycles. The molecule has 0 fully saturated rings. The highest BCUT2D eigenvalue weighted by molar-refractivity contribution is 5.47. The summed E-state index contributed by atoms with van der Waals surface area (Å²) in [6.07, 6.45) is 2.13. The fourth-order valence-electron chi connectivity index (χ4n) is 4.86. The van der Waals surface area contributed by atoms with Gasteiger partial charge >= 0.3 is 0 Å². The van der Waals surface area contributed by atoms with Crippen molar-refractivity contribution in [2.75, 3.05) is 14.1 Å². The Labute approximate surface area is 221 Å².